The Hall–Kier alpha value is -0.260. The zero-order valence-electron chi connectivity index (χ0n) is 10.1. The molecular weight excluding hydrogens is 222 g/mol. The van der Waals surface area contributed by atoms with Gasteiger partial charge in [-0.1, -0.05) is 0 Å². The number of nitrogens with one attached hydrogen (secondary N) is 1. The van der Waals surface area contributed by atoms with Crippen LogP contribution in [0.5, 0.6) is 0 Å². The number of nitrogens with zero attached hydrogens (tertiary/aromatic N) is 2. The Morgan fingerprint density at radius 3 is 2.88 bits per heavy atom. The van der Waals surface area contributed by atoms with Gasteiger partial charge in [-0.3, -0.25) is 4.79 Å². The quantitative estimate of drug-likeness (QED) is 0.695. The average Bonchev–Trinajstić information content (AvgIpc) is 2.33. The van der Waals surface area contributed by atoms with Crippen LogP contribution in [0.3, 0.4) is 0 Å². The van der Waals surface area contributed by atoms with E-state index in [0.717, 1.165) is 37.7 Å². The molecule has 2 unspecified atom stereocenters. The Kier molecular flexibility index (Phi) is 4.10. The average molecular weight is 243 g/mol. The van der Waals surface area contributed by atoms with Crippen molar-refractivity contribution < 1.29 is 4.79 Å². The number of hydrogen-bond donors (Lipinski definition) is 1. The summed E-state index contributed by atoms with van der Waals surface area (Å²) in [5, 5.41) is 3.32. The summed E-state index contributed by atoms with van der Waals surface area (Å²) >= 11 is 1.88. The molecule has 1 amide bonds. The lowest BCUT2D eigenvalue weighted by molar-refractivity contribution is -0.135. The lowest BCUT2D eigenvalue weighted by Gasteiger charge is -2.39. The fraction of sp³-hybridized carbons (Fsp3) is 0.909. The fourth-order valence-corrected chi connectivity index (χ4v) is 3.12. The van der Waals surface area contributed by atoms with Crippen LogP contribution < -0.4 is 5.32 Å². The highest BCUT2D eigenvalue weighted by atomic mass is 32.2. The van der Waals surface area contributed by atoms with Crippen molar-refractivity contribution in [2.75, 3.05) is 44.7 Å². The highest BCUT2D eigenvalue weighted by molar-refractivity contribution is 7.99. The maximum absolute atomic E-state index is 12.2. The first-order chi connectivity index (χ1) is 7.68. The van der Waals surface area contributed by atoms with Crippen molar-refractivity contribution in [1.29, 1.82) is 0 Å². The van der Waals surface area contributed by atoms with E-state index in [1.54, 1.807) is 0 Å². The van der Waals surface area contributed by atoms with Crippen LogP contribution in [0, 0.1) is 0 Å². The van der Waals surface area contributed by atoms with E-state index in [-0.39, 0.29) is 6.04 Å². The molecule has 0 aromatic carbocycles. The van der Waals surface area contributed by atoms with Crippen molar-refractivity contribution in [2.24, 2.45) is 0 Å². The SMILES string of the molecule is CC1CN(C(=O)C2CSCCN2)CCN1C. The second kappa shape index (κ2) is 5.38. The summed E-state index contributed by atoms with van der Waals surface area (Å²) in [5.74, 6) is 2.36. The van der Waals surface area contributed by atoms with Gasteiger partial charge in [0.1, 0.15) is 0 Å². The van der Waals surface area contributed by atoms with Crippen molar-refractivity contribution in [3.8, 4) is 0 Å². The third-order valence-electron chi connectivity index (χ3n) is 3.49. The summed E-state index contributed by atoms with van der Waals surface area (Å²) in [6.45, 7) is 5.89. The van der Waals surface area contributed by atoms with Crippen LogP contribution in [0.2, 0.25) is 0 Å². The van der Waals surface area contributed by atoms with Crippen molar-refractivity contribution in [3.63, 3.8) is 0 Å². The third-order valence-corrected chi connectivity index (χ3v) is 4.55. The number of hydrogen-bond acceptors (Lipinski definition) is 4. The van der Waals surface area contributed by atoms with Gasteiger partial charge in [0.05, 0.1) is 6.04 Å². The first kappa shape index (κ1) is 12.2. The zero-order chi connectivity index (χ0) is 11.5. The monoisotopic (exact) mass is 243 g/mol. The van der Waals surface area contributed by atoms with E-state index < -0.39 is 0 Å². The van der Waals surface area contributed by atoms with Gasteiger partial charge in [0.2, 0.25) is 5.91 Å². The summed E-state index contributed by atoms with van der Waals surface area (Å²) < 4.78 is 0. The summed E-state index contributed by atoms with van der Waals surface area (Å²) in [5.41, 5.74) is 0. The maximum Gasteiger partial charge on any atom is 0.240 e. The smallest absolute Gasteiger partial charge is 0.240 e. The predicted octanol–water partition coefficient (Wildman–Crippen LogP) is -0.146. The van der Waals surface area contributed by atoms with Crippen molar-refractivity contribution in [3.05, 3.63) is 0 Å². The summed E-state index contributed by atoms with van der Waals surface area (Å²) in [4.78, 5) is 16.6. The molecule has 0 radical (unpaired) electrons. The molecule has 16 heavy (non-hydrogen) atoms. The van der Waals surface area contributed by atoms with Gasteiger partial charge in [-0.15, -0.1) is 0 Å². The van der Waals surface area contributed by atoms with Crippen LogP contribution in [-0.4, -0.2) is 72.5 Å². The highest BCUT2D eigenvalue weighted by Gasteiger charge is 2.30. The number of piperazine rings is 1. The van der Waals surface area contributed by atoms with E-state index in [2.05, 4.69) is 24.2 Å². The maximum atomic E-state index is 12.2. The minimum absolute atomic E-state index is 0.0503. The Morgan fingerprint density at radius 2 is 2.25 bits per heavy atom. The molecule has 92 valence electrons. The summed E-state index contributed by atoms with van der Waals surface area (Å²) in [7, 11) is 2.13. The number of amides is 1. The molecule has 2 saturated heterocycles. The normalized spacial score (nSPS) is 32.8. The van der Waals surface area contributed by atoms with Crippen LogP contribution >= 0.6 is 11.8 Å². The number of likely N-dealkylation sites (N-methyl/N-ethyl adjacent to an activating group) is 1. The predicted molar refractivity (Wildman–Crippen MR) is 67.8 cm³/mol. The minimum atomic E-state index is 0.0503. The molecule has 2 rings (SSSR count). The molecule has 0 spiro atoms. The van der Waals surface area contributed by atoms with Crippen LogP contribution in [0.4, 0.5) is 0 Å². The number of thioether (sulfide) groups is 1. The van der Waals surface area contributed by atoms with Gasteiger partial charge in [-0.05, 0) is 14.0 Å². The van der Waals surface area contributed by atoms with Crippen LogP contribution in [0.15, 0.2) is 0 Å². The Morgan fingerprint density at radius 1 is 1.44 bits per heavy atom. The van der Waals surface area contributed by atoms with Crippen LogP contribution in [0.1, 0.15) is 6.92 Å². The van der Waals surface area contributed by atoms with Gasteiger partial charge in [0, 0.05) is 43.7 Å². The fourth-order valence-electron chi connectivity index (χ4n) is 2.19. The first-order valence-corrected chi connectivity index (χ1v) is 7.14. The topological polar surface area (TPSA) is 35.6 Å². The number of carbonyl (C=O) groups excluding carboxylic acids is 1. The van der Waals surface area contributed by atoms with E-state index in [4.69, 9.17) is 0 Å². The standard InChI is InChI=1S/C11H21N3OS/c1-9-7-14(5-4-13(9)2)11(15)10-8-16-6-3-12-10/h9-10,12H,3-8H2,1-2H3. The molecular formula is C11H21N3OS. The van der Waals surface area contributed by atoms with Gasteiger partial charge in [0.25, 0.3) is 0 Å². The lowest BCUT2D eigenvalue weighted by atomic mass is 10.1. The molecule has 2 aliphatic rings. The minimum Gasteiger partial charge on any atom is -0.338 e. The molecule has 2 atom stereocenters. The second-order valence-electron chi connectivity index (χ2n) is 4.70. The van der Waals surface area contributed by atoms with E-state index in [0.29, 0.717) is 11.9 Å². The number of rotatable bonds is 1. The molecule has 0 saturated carbocycles. The summed E-state index contributed by atoms with van der Waals surface area (Å²) in [6, 6.07) is 0.531. The molecule has 2 heterocycles. The van der Waals surface area contributed by atoms with Gasteiger partial charge < -0.3 is 15.1 Å². The van der Waals surface area contributed by atoms with Crippen molar-refractivity contribution in [1.82, 2.24) is 15.1 Å². The molecule has 0 aromatic rings. The lowest BCUT2D eigenvalue weighted by Crippen LogP contribution is -2.57. The van der Waals surface area contributed by atoms with Gasteiger partial charge in [-0.25, -0.2) is 0 Å². The third kappa shape index (κ3) is 2.70. The van der Waals surface area contributed by atoms with E-state index >= 15 is 0 Å². The summed E-state index contributed by atoms with van der Waals surface area (Å²) in [6.07, 6.45) is 0. The van der Waals surface area contributed by atoms with Crippen LogP contribution in [-0.2, 0) is 4.79 Å². The Labute approximate surface area is 102 Å². The Balaban J connectivity index is 1.89. The van der Waals surface area contributed by atoms with Gasteiger partial charge >= 0.3 is 0 Å². The van der Waals surface area contributed by atoms with Crippen molar-refractivity contribution in [2.45, 2.75) is 19.0 Å². The molecule has 0 aliphatic carbocycles. The molecule has 4 nitrogen and oxygen atoms in total. The van der Waals surface area contributed by atoms with Gasteiger partial charge in [0.15, 0.2) is 0 Å². The molecule has 0 aromatic heterocycles. The molecule has 2 fully saturated rings. The van der Waals surface area contributed by atoms with Gasteiger partial charge in [-0.2, -0.15) is 11.8 Å². The molecule has 1 N–H and O–H groups in total. The highest BCUT2D eigenvalue weighted by Crippen LogP contribution is 2.13. The molecule has 0 bridgehead atoms. The van der Waals surface area contributed by atoms with Crippen LogP contribution in [0.25, 0.3) is 0 Å². The molecule has 5 heteroatoms. The first-order valence-electron chi connectivity index (χ1n) is 5.98. The van der Waals surface area contributed by atoms with E-state index in [1.165, 1.54) is 0 Å². The van der Waals surface area contributed by atoms with E-state index in [1.807, 2.05) is 16.7 Å². The number of carbonyl (C=O) groups is 1. The van der Waals surface area contributed by atoms with Crippen molar-refractivity contribution >= 4 is 17.7 Å². The largest absolute Gasteiger partial charge is 0.338 e. The second-order valence-corrected chi connectivity index (χ2v) is 5.85. The van der Waals surface area contributed by atoms with E-state index in [9.17, 15) is 4.79 Å². The Bertz CT molecular complexity index is 256. The molecule has 2 aliphatic heterocycles. The zero-order valence-corrected chi connectivity index (χ0v) is 10.9.